The molecule has 6 rings (SSSR count). The van der Waals surface area contributed by atoms with E-state index in [9.17, 15) is 10.1 Å². The van der Waals surface area contributed by atoms with E-state index in [-0.39, 0.29) is 16.9 Å². The lowest BCUT2D eigenvalue weighted by Gasteiger charge is -2.56. The highest BCUT2D eigenvalue weighted by Crippen LogP contribution is 2.61. The van der Waals surface area contributed by atoms with Crippen LogP contribution in [0.15, 0.2) is 42.1 Å². The number of nitriles is 1. The van der Waals surface area contributed by atoms with Gasteiger partial charge < -0.3 is 5.32 Å². The summed E-state index contributed by atoms with van der Waals surface area (Å²) in [7, 11) is 0. The Labute approximate surface area is 177 Å². The number of carbonyl (C=O) groups excluding carboxylic acids is 1. The number of rotatable bonds is 5. The number of aromatic nitrogens is 2. The average molecular weight is 401 g/mol. The van der Waals surface area contributed by atoms with E-state index in [4.69, 9.17) is 5.10 Å². The highest BCUT2D eigenvalue weighted by molar-refractivity contribution is 6.01. The van der Waals surface area contributed by atoms with Gasteiger partial charge in [0.1, 0.15) is 11.6 Å². The lowest BCUT2D eigenvalue weighted by molar-refractivity contribution is -0.116. The minimum Gasteiger partial charge on any atom is -0.352 e. The molecule has 1 aromatic heterocycles. The fraction of sp³-hybridized carbons (Fsp3) is 0.480. The zero-order valence-corrected chi connectivity index (χ0v) is 17.5. The van der Waals surface area contributed by atoms with Crippen molar-refractivity contribution in [1.82, 2.24) is 15.1 Å². The molecule has 1 N–H and O–H groups in total. The van der Waals surface area contributed by atoms with Crippen molar-refractivity contribution in [2.75, 3.05) is 6.54 Å². The number of para-hydroxylation sites is 1. The van der Waals surface area contributed by atoms with Crippen molar-refractivity contribution in [2.24, 2.45) is 17.8 Å². The Balaban J connectivity index is 1.62. The van der Waals surface area contributed by atoms with Gasteiger partial charge in [-0.1, -0.05) is 18.2 Å². The van der Waals surface area contributed by atoms with Crippen molar-refractivity contribution in [3.05, 3.63) is 53.4 Å². The van der Waals surface area contributed by atoms with Crippen LogP contribution in [0.2, 0.25) is 0 Å². The van der Waals surface area contributed by atoms with Crippen LogP contribution in [0.25, 0.3) is 11.8 Å². The molecule has 0 spiro atoms. The van der Waals surface area contributed by atoms with E-state index in [1.807, 2.05) is 48.1 Å². The minimum absolute atomic E-state index is 0.0857. The zero-order valence-electron chi connectivity index (χ0n) is 17.5. The Hall–Kier alpha value is -2.87. The Kier molecular flexibility index (Phi) is 4.73. The van der Waals surface area contributed by atoms with Crippen molar-refractivity contribution in [3.63, 3.8) is 0 Å². The molecule has 4 saturated carbocycles. The topological polar surface area (TPSA) is 70.7 Å². The summed E-state index contributed by atoms with van der Waals surface area (Å²) in [5.41, 5.74) is 3.24. The molecule has 4 aliphatic carbocycles. The third-order valence-corrected chi connectivity index (χ3v) is 7.31. The van der Waals surface area contributed by atoms with Crippen LogP contribution in [0.5, 0.6) is 0 Å². The third-order valence-electron chi connectivity index (χ3n) is 7.31. The Morgan fingerprint density at radius 3 is 2.40 bits per heavy atom. The number of hydrogen-bond acceptors (Lipinski definition) is 3. The van der Waals surface area contributed by atoms with Crippen LogP contribution in [0.3, 0.4) is 0 Å². The molecule has 1 heterocycles. The molecule has 2 aromatic rings. The largest absolute Gasteiger partial charge is 0.352 e. The number of likely N-dealkylation sites (N-methyl/N-ethyl adjacent to an activating group) is 1. The molecule has 0 unspecified atom stereocenters. The smallest absolute Gasteiger partial charge is 0.261 e. The standard InChI is InChI=1S/C25H28N4O/c1-2-27-24(30)20(15-26)11-21-16-29(22-6-4-3-5-7-22)28-23(21)25-12-17-8-18(13-25)10-19(9-17)14-25/h3-7,11,16-19H,2,8-10,12-14H2,1H3,(H,27,30). The summed E-state index contributed by atoms with van der Waals surface area (Å²) < 4.78 is 1.92. The Bertz CT molecular complexity index is 992. The summed E-state index contributed by atoms with van der Waals surface area (Å²) in [6, 6.07) is 12.2. The molecule has 154 valence electrons. The molecule has 5 heteroatoms. The summed E-state index contributed by atoms with van der Waals surface area (Å²) >= 11 is 0. The first kappa shape index (κ1) is 19.1. The number of nitrogens with one attached hydrogen (secondary N) is 1. The van der Waals surface area contributed by atoms with Gasteiger partial charge in [0, 0.05) is 23.7 Å². The number of benzene rings is 1. The normalized spacial score (nSPS) is 29.6. The molecule has 0 aliphatic heterocycles. The van der Waals surface area contributed by atoms with Crippen LogP contribution in [0.1, 0.15) is 56.7 Å². The van der Waals surface area contributed by atoms with Gasteiger partial charge in [0.15, 0.2) is 0 Å². The van der Waals surface area contributed by atoms with Gasteiger partial charge in [-0.15, -0.1) is 0 Å². The first-order valence-corrected chi connectivity index (χ1v) is 11.2. The molecule has 5 nitrogen and oxygen atoms in total. The van der Waals surface area contributed by atoms with Gasteiger partial charge in [0.2, 0.25) is 0 Å². The number of amides is 1. The lowest BCUT2D eigenvalue weighted by atomic mass is 9.48. The quantitative estimate of drug-likeness (QED) is 0.598. The van der Waals surface area contributed by atoms with Gasteiger partial charge in [-0.3, -0.25) is 4.79 Å². The summed E-state index contributed by atoms with van der Waals surface area (Å²) in [4.78, 5) is 12.4. The van der Waals surface area contributed by atoms with Crippen molar-refractivity contribution < 1.29 is 4.79 Å². The van der Waals surface area contributed by atoms with Crippen LogP contribution < -0.4 is 5.32 Å². The lowest BCUT2D eigenvalue weighted by Crippen LogP contribution is -2.49. The fourth-order valence-electron chi connectivity index (χ4n) is 6.58. The second kappa shape index (κ2) is 7.43. The average Bonchev–Trinajstić information content (AvgIpc) is 3.17. The van der Waals surface area contributed by atoms with E-state index < -0.39 is 0 Å². The maximum absolute atomic E-state index is 12.4. The first-order chi connectivity index (χ1) is 14.6. The van der Waals surface area contributed by atoms with Crippen molar-refractivity contribution >= 4 is 12.0 Å². The van der Waals surface area contributed by atoms with Crippen LogP contribution >= 0.6 is 0 Å². The second-order valence-electron chi connectivity index (χ2n) is 9.44. The molecule has 0 saturated heterocycles. The van der Waals surface area contributed by atoms with Crippen molar-refractivity contribution in [3.8, 4) is 11.8 Å². The molecule has 1 amide bonds. The maximum Gasteiger partial charge on any atom is 0.261 e. The molecule has 4 fully saturated rings. The zero-order chi connectivity index (χ0) is 20.7. The number of carbonyl (C=O) groups is 1. The second-order valence-corrected chi connectivity index (χ2v) is 9.44. The Morgan fingerprint density at radius 1 is 1.20 bits per heavy atom. The van der Waals surface area contributed by atoms with Gasteiger partial charge in [0.25, 0.3) is 5.91 Å². The summed E-state index contributed by atoms with van der Waals surface area (Å²) in [6.07, 6.45) is 11.4. The van der Waals surface area contributed by atoms with Gasteiger partial charge in [0.05, 0.1) is 11.4 Å². The predicted molar refractivity (Wildman–Crippen MR) is 116 cm³/mol. The van der Waals surface area contributed by atoms with Gasteiger partial charge in [-0.05, 0) is 81.4 Å². The van der Waals surface area contributed by atoms with Crippen molar-refractivity contribution in [2.45, 2.75) is 50.9 Å². The maximum atomic E-state index is 12.4. The molecule has 0 atom stereocenters. The van der Waals surface area contributed by atoms with Crippen LogP contribution in [-0.4, -0.2) is 22.2 Å². The molecule has 0 radical (unpaired) electrons. The van der Waals surface area contributed by atoms with E-state index in [2.05, 4.69) is 11.4 Å². The fourth-order valence-corrected chi connectivity index (χ4v) is 6.58. The predicted octanol–water partition coefficient (Wildman–Crippen LogP) is 4.38. The van der Waals surface area contributed by atoms with Crippen LogP contribution in [0.4, 0.5) is 0 Å². The monoisotopic (exact) mass is 400 g/mol. The molecule has 4 aliphatic rings. The molecular formula is C25H28N4O. The SMILES string of the molecule is CCNC(=O)C(C#N)=Cc1cn(-c2ccccc2)nc1C12CC3CC(CC(C3)C1)C2. The van der Waals surface area contributed by atoms with Gasteiger partial charge in [-0.2, -0.15) is 10.4 Å². The van der Waals surface area contributed by atoms with E-state index in [0.717, 1.165) is 34.7 Å². The van der Waals surface area contributed by atoms with E-state index in [1.165, 1.54) is 38.5 Å². The van der Waals surface area contributed by atoms with E-state index >= 15 is 0 Å². The number of hydrogen-bond donors (Lipinski definition) is 1. The third kappa shape index (κ3) is 3.25. The molecule has 30 heavy (non-hydrogen) atoms. The van der Waals surface area contributed by atoms with E-state index in [1.54, 1.807) is 6.08 Å². The van der Waals surface area contributed by atoms with Crippen molar-refractivity contribution in [1.29, 1.82) is 5.26 Å². The molecule has 1 aromatic carbocycles. The summed E-state index contributed by atoms with van der Waals surface area (Å²) in [6.45, 7) is 2.37. The summed E-state index contributed by atoms with van der Waals surface area (Å²) in [5.74, 6) is 2.08. The highest BCUT2D eigenvalue weighted by Gasteiger charge is 2.53. The Morgan fingerprint density at radius 2 is 1.83 bits per heavy atom. The molecular weight excluding hydrogens is 372 g/mol. The van der Waals surface area contributed by atoms with E-state index in [0.29, 0.717) is 6.54 Å². The first-order valence-electron chi connectivity index (χ1n) is 11.2. The van der Waals surface area contributed by atoms with Gasteiger partial charge >= 0.3 is 0 Å². The summed E-state index contributed by atoms with van der Waals surface area (Å²) in [5, 5.41) is 17.5. The highest BCUT2D eigenvalue weighted by atomic mass is 16.1. The van der Waals surface area contributed by atoms with Crippen LogP contribution in [-0.2, 0) is 10.2 Å². The molecule has 4 bridgehead atoms. The minimum atomic E-state index is -0.316. The van der Waals surface area contributed by atoms with Gasteiger partial charge in [-0.25, -0.2) is 4.68 Å². The van der Waals surface area contributed by atoms with Crippen LogP contribution in [0, 0.1) is 29.1 Å². The number of nitrogens with zero attached hydrogens (tertiary/aromatic N) is 3.